The van der Waals surface area contributed by atoms with Crippen molar-refractivity contribution in [2.24, 2.45) is 5.92 Å². The van der Waals surface area contributed by atoms with Gasteiger partial charge in [0.1, 0.15) is 17.6 Å². The second-order valence-corrected chi connectivity index (χ2v) is 12.2. The summed E-state index contributed by atoms with van der Waals surface area (Å²) in [4.78, 5) is 91.9. The highest BCUT2D eigenvalue weighted by Gasteiger charge is 2.33. The van der Waals surface area contributed by atoms with Crippen LogP contribution < -0.4 is 20.7 Å². The first-order chi connectivity index (χ1) is 25.9. The van der Waals surface area contributed by atoms with Crippen LogP contribution in [-0.2, 0) is 35.2 Å². The zero-order chi connectivity index (χ0) is 39.6. The van der Waals surface area contributed by atoms with Crippen molar-refractivity contribution < 1.29 is 57.8 Å². The van der Waals surface area contributed by atoms with Gasteiger partial charge in [-0.15, -0.1) is 0 Å². The first-order valence-corrected chi connectivity index (χ1v) is 17.6. The van der Waals surface area contributed by atoms with Gasteiger partial charge in [0.15, 0.2) is 5.76 Å². The topological polar surface area (TPSA) is 231 Å². The van der Waals surface area contributed by atoms with Crippen molar-refractivity contribution in [3.8, 4) is 17.1 Å². The van der Waals surface area contributed by atoms with Crippen LogP contribution in [0.4, 0.5) is 0 Å². The van der Waals surface area contributed by atoms with Crippen LogP contribution in [0.3, 0.4) is 0 Å². The minimum atomic E-state index is -1.67. The van der Waals surface area contributed by atoms with Crippen molar-refractivity contribution >= 4 is 42.0 Å². The molecule has 54 heavy (non-hydrogen) atoms. The molecule has 3 rings (SSSR count). The fraction of sp³-hybridized carbons (Fsp3) is 0.395. The van der Waals surface area contributed by atoms with Gasteiger partial charge in [0.2, 0.25) is 12.3 Å². The van der Waals surface area contributed by atoms with Crippen LogP contribution in [0.2, 0.25) is 0 Å². The number of unbranched alkanes of at least 4 members (excludes halogenated alkanes) is 2. The number of carboxylic acid groups (broad SMARTS) is 2. The molecule has 1 aromatic heterocycles. The van der Waals surface area contributed by atoms with Crippen molar-refractivity contribution in [3.05, 3.63) is 77.6 Å². The molecule has 16 nitrogen and oxygen atoms in total. The third-order valence-electron chi connectivity index (χ3n) is 8.30. The maximum Gasteiger partial charge on any atom is 0.336 e. The Kier molecular flexibility index (Phi) is 16.7. The van der Waals surface area contributed by atoms with E-state index in [0.29, 0.717) is 36.8 Å². The maximum atomic E-state index is 13.5. The molecule has 2 aromatic carbocycles. The molecule has 0 aliphatic rings. The quantitative estimate of drug-likeness (QED) is 0.0402. The predicted molar refractivity (Wildman–Crippen MR) is 193 cm³/mol. The van der Waals surface area contributed by atoms with Gasteiger partial charge in [0.25, 0.3) is 11.8 Å². The zero-order valence-corrected chi connectivity index (χ0v) is 30.4. The van der Waals surface area contributed by atoms with Crippen LogP contribution in [0.25, 0.3) is 11.3 Å². The molecule has 0 spiro atoms. The van der Waals surface area contributed by atoms with Crippen molar-refractivity contribution in [2.75, 3.05) is 13.3 Å². The lowest BCUT2D eigenvalue weighted by atomic mass is 9.90. The number of benzene rings is 2. The van der Waals surface area contributed by atoms with Gasteiger partial charge in [-0.05, 0) is 49.6 Å². The van der Waals surface area contributed by atoms with Gasteiger partial charge < -0.3 is 40.2 Å². The van der Waals surface area contributed by atoms with E-state index in [1.54, 1.807) is 38.1 Å². The first kappa shape index (κ1) is 42.2. The van der Waals surface area contributed by atoms with E-state index in [1.165, 1.54) is 30.3 Å². The molecule has 3 aromatic rings. The van der Waals surface area contributed by atoms with Crippen LogP contribution in [0, 0.1) is 5.92 Å². The number of hydrogen-bond acceptors (Lipinski definition) is 10. The molecule has 16 heteroatoms. The van der Waals surface area contributed by atoms with Gasteiger partial charge in [0.05, 0.1) is 43.6 Å². The summed E-state index contributed by atoms with van der Waals surface area (Å²) < 4.78 is 11.3. The molecule has 0 radical (unpaired) electrons. The lowest BCUT2D eigenvalue weighted by Crippen LogP contribution is -2.49. The average molecular weight is 751 g/mol. The standard InChI is InChI=1S/C38H46N4O12/c1-4-7-9-14-26(29(5-2)42(23-43)54-34(46)19-24-12-10-8-11-13-24)35(47)39-22-40-37(49)31-18-17-30(53-31)25-15-16-27(32(20-25)52-6-3)36(48)41-28(38(50)51)21-33(44)45/h8,10-13,15-18,20,23,26,28-29H,4-7,9,14,19,21-22H2,1-3H3,(H,39,47)(H,40,49)(H,41,48)(H,44,45)(H,50,51)/t26-,28+,29-/m1/s1. The second-order valence-electron chi connectivity index (χ2n) is 12.2. The minimum Gasteiger partial charge on any atom is -0.493 e. The minimum absolute atomic E-state index is 0.0441. The number of hydroxylamine groups is 2. The summed E-state index contributed by atoms with van der Waals surface area (Å²) in [5, 5.41) is 26.6. The van der Waals surface area contributed by atoms with Crippen LogP contribution >= 0.6 is 0 Å². The molecular weight excluding hydrogens is 704 g/mol. The molecule has 0 aliphatic heterocycles. The molecule has 0 fully saturated rings. The number of hydrogen-bond donors (Lipinski definition) is 5. The highest BCUT2D eigenvalue weighted by atomic mass is 16.7. The summed E-state index contributed by atoms with van der Waals surface area (Å²) >= 11 is 0. The summed E-state index contributed by atoms with van der Waals surface area (Å²) in [6.45, 7) is 5.33. The van der Waals surface area contributed by atoms with Crippen molar-refractivity contribution in [1.82, 2.24) is 21.0 Å². The van der Waals surface area contributed by atoms with E-state index in [2.05, 4.69) is 16.0 Å². The number of furan rings is 1. The Morgan fingerprint density at radius 2 is 1.65 bits per heavy atom. The van der Waals surface area contributed by atoms with Crippen LogP contribution in [0.15, 0.2) is 65.1 Å². The average Bonchev–Trinajstić information content (AvgIpc) is 3.64. The molecule has 3 atom stereocenters. The van der Waals surface area contributed by atoms with Crippen LogP contribution in [0.1, 0.15) is 85.8 Å². The Hall–Kier alpha value is -6.19. The highest BCUT2D eigenvalue weighted by Crippen LogP contribution is 2.29. The number of nitrogens with one attached hydrogen (secondary N) is 3. The molecule has 0 unspecified atom stereocenters. The van der Waals surface area contributed by atoms with Gasteiger partial charge >= 0.3 is 17.9 Å². The van der Waals surface area contributed by atoms with Gasteiger partial charge in [-0.3, -0.25) is 24.0 Å². The zero-order valence-electron chi connectivity index (χ0n) is 30.4. The van der Waals surface area contributed by atoms with E-state index in [9.17, 15) is 38.7 Å². The lowest BCUT2D eigenvalue weighted by molar-refractivity contribution is -0.203. The molecule has 4 amide bonds. The molecule has 1 heterocycles. The van der Waals surface area contributed by atoms with E-state index in [1.807, 2.05) is 13.0 Å². The van der Waals surface area contributed by atoms with Gasteiger partial charge in [0, 0.05) is 5.56 Å². The van der Waals surface area contributed by atoms with Crippen molar-refractivity contribution in [1.29, 1.82) is 0 Å². The second kappa shape index (κ2) is 21.4. The number of ether oxygens (including phenoxy) is 1. The van der Waals surface area contributed by atoms with Crippen molar-refractivity contribution in [2.45, 2.75) is 77.8 Å². The molecule has 0 saturated heterocycles. The Balaban J connectivity index is 1.67. The SMILES string of the molecule is CCCCC[C@@H](C(=O)NCNC(=O)c1ccc(-c2ccc(C(=O)N[C@@H](CC(=O)O)C(=O)O)c(OCC)c2)o1)[C@@H](CC)N(C=O)OC(=O)Cc1ccccc1. The fourth-order valence-corrected chi connectivity index (χ4v) is 5.63. The monoisotopic (exact) mass is 750 g/mol. The van der Waals surface area contributed by atoms with Gasteiger partial charge in [-0.1, -0.05) is 69.5 Å². The normalized spacial score (nSPS) is 12.4. The lowest BCUT2D eigenvalue weighted by Gasteiger charge is -2.31. The third-order valence-corrected chi connectivity index (χ3v) is 8.30. The van der Waals surface area contributed by atoms with Crippen LogP contribution in [0.5, 0.6) is 5.75 Å². The number of rotatable bonds is 23. The smallest absolute Gasteiger partial charge is 0.336 e. The van der Waals surface area contributed by atoms with E-state index in [-0.39, 0.29) is 42.5 Å². The number of amides is 4. The summed E-state index contributed by atoms with van der Waals surface area (Å²) in [5.74, 6) is -6.09. The Labute approximate surface area is 312 Å². The largest absolute Gasteiger partial charge is 0.493 e. The van der Waals surface area contributed by atoms with Crippen LogP contribution in [-0.4, -0.2) is 82.7 Å². The molecular formula is C38H46N4O12. The van der Waals surface area contributed by atoms with E-state index >= 15 is 0 Å². The summed E-state index contributed by atoms with van der Waals surface area (Å²) in [7, 11) is 0. The van der Waals surface area contributed by atoms with E-state index < -0.39 is 60.1 Å². The molecule has 290 valence electrons. The highest BCUT2D eigenvalue weighted by molar-refractivity contribution is 6.00. The summed E-state index contributed by atoms with van der Waals surface area (Å²) in [5.41, 5.74) is 1.07. The number of aliphatic carboxylic acids is 2. The van der Waals surface area contributed by atoms with E-state index in [4.69, 9.17) is 19.1 Å². The van der Waals surface area contributed by atoms with Crippen molar-refractivity contribution in [3.63, 3.8) is 0 Å². The van der Waals surface area contributed by atoms with Gasteiger partial charge in [-0.2, -0.15) is 5.06 Å². The third kappa shape index (κ3) is 12.5. The maximum absolute atomic E-state index is 13.5. The number of nitrogens with zero attached hydrogens (tertiary/aromatic N) is 1. The number of carbonyl (C=O) groups is 7. The molecule has 5 N–H and O–H groups in total. The molecule has 0 aliphatic carbocycles. The molecule has 0 bridgehead atoms. The summed E-state index contributed by atoms with van der Waals surface area (Å²) in [6.07, 6.45) is 2.64. The molecule has 0 saturated carbocycles. The first-order valence-electron chi connectivity index (χ1n) is 17.6. The Morgan fingerprint density at radius 3 is 2.28 bits per heavy atom. The Bertz CT molecular complexity index is 1760. The Morgan fingerprint density at radius 1 is 0.907 bits per heavy atom. The fourth-order valence-electron chi connectivity index (χ4n) is 5.63. The van der Waals surface area contributed by atoms with Gasteiger partial charge in [-0.25, -0.2) is 9.59 Å². The number of carbonyl (C=O) groups excluding carboxylic acids is 5. The summed E-state index contributed by atoms with van der Waals surface area (Å²) in [6, 6.07) is 13.7. The number of carboxylic acids is 2. The van der Waals surface area contributed by atoms with E-state index in [0.717, 1.165) is 17.9 Å². The predicted octanol–water partition coefficient (Wildman–Crippen LogP) is 3.94.